The van der Waals surface area contributed by atoms with Gasteiger partial charge in [-0.05, 0) is 124 Å². The Morgan fingerprint density at radius 2 is 0.750 bits per heavy atom. The number of aromatic nitrogens is 3. The van der Waals surface area contributed by atoms with Crippen molar-refractivity contribution in [2.45, 2.75) is 49.4 Å². The summed E-state index contributed by atoms with van der Waals surface area (Å²) >= 11 is 0. The summed E-state index contributed by atoms with van der Waals surface area (Å²) in [5.41, 5.74) is 14.2. The largest absolute Gasteiger partial charge is 0.208 e. The molecule has 12 rings (SSSR count). The summed E-state index contributed by atoms with van der Waals surface area (Å²) in [7, 11) is 0. The molecule has 0 aliphatic heterocycles. The fourth-order valence-corrected chi connectivity index (χ4v) is 11.3. The van der Waals surface area contributed by atoms with E-state index in [-0.39, 0.29) is 10.8 Å². The molecule has 4 saturated carbocycles. The highest BCUT2D eigenvalue weighted by molar-refractivity contribution is 5.74. The van der Waals surface area contributed by atoms with Crippen LogP contribution in [0.15, 0.2) is 182 Å². The van der Waals surface area contributed by atoms with Crippen LogP contribution in [0.25, 0.3) is 67.5 Å². The van der Waals surface area contributed by atoms with Crippen LogP contribution < -0.4 is 0 Å². The van der Waals surface area contributed by atoms with Gasteiger partial charge < -0.3 is 0 Å². The maximum absolute atomic E-state index is 9.18. The average Bonchev–Trinajstić information content (AvgIpc) is 3.32. The van der Waals surface area contributed by atoms with Crippen LogP contribution in [-0.4, -0.2) is 15.0 Å². The molecular formula is C56H44N4. The highest BCUT2D eigenvalue weighted by Gasteiger charge is 2.58. The van der Waals surface area contributed by atoms with E-state index < -0.39 is 0 Å². The highest BCUT2D eigenvalue weighted by atomic mass is 15.0. The van der Waals surface area contributed by atoms with Crippen molar-refractivity contribution in [1.82, 2.24) is 15.0 Å². The maximum Gasteiger partial charge on any atom is 0.164 e. The van der Waals surface area contributed by atoms with E-state index in [2.05, 4.69) is 127 Å². The molecule has 7 aromatic carbocycles. The van der Waals surface area contributed by atoms with Crippen LogP contribution in [0.5, 0.6) is 0 Å². The molecule has 4 heteroatoms. The monoisotopic (exact) mass is 772 g/mol. The molecule has 1 heterocycles. The van der Waals surface area contributed by atoms with E-state index in [1.54, 1.807) is 0 Å². The molecule has 0 amide bonds. The molecule has 288 valence electrons. The van der Waals surface area contributed by atoms with Gasteiger partial charge in [-0.1, -0.05) is 164 Å². The van der Waals surface area contributed by atoms with Crippen LogP contribution in [0.2, 0.25) is 0 Å². The second kappa shape index (κ2) is 14.7. The summed E-state index contributed by atoms with van der Waals surface area (Å²) in [6.45, 7) is 0. The van der Waals surface area contributed by atoms with Crippen molar-refractivity contribution in [3.63, 3.8) is 0 Å². The van der Waals surface area contributed by atoms with E-state index in [0.29, 0.717) is 23.0 Å². The van der Waals surface area contributed by atoms with Crippen molar-refractivity contribution in [3.8, 4) is 73.6 Å². The minimum Gasteiger partial charge on any atom is -0.208 e. The Hall–Kier alpha value is -6.96. The number of hydrogen-bond acceptors (Lipinski definition) is 4. The molecule has 0 radical (unpaired) electrons. The van der Waals surface area contributed by atoms with Gasteiger partial charge in [-0.3, -0.25) is 0 Å². The van der Waals surface area contributed by atoms with Crippen molar-refractivity contribution in [2.75, 3.05) is 0 Å². The molecule has 4 aliphatic carbocycles. The fraction of sp³-hybridized carbons (Fsp3) is 0.179. The Balaban J connectivity index is 0.853. The Bertz CT molecular complexity index is 2790. The summed E-state index contributed by atoms with van der Waals surface area (Å²) in [5, 5.41) is 9.18. The van der Waals surface area contributed by atoms with Gasteiger partial charge in [0, 0.05) is 16.7 Å². The second-order valence-corrected chi connectivity index (χ2v) is 17.6. The molecule has 0 N–H and O–H groups in total. The third-order valence-electron chi connectivity index (χ3n) is 13.8. The first-order valence-electron chi connectivity index (χ1n) is 21.3. The Morgan fingerprint density at radius 1 is 0.383 bits per heavy atom. The first-order chi connectivity index (χ1) is 29.5. The first-order valence-corrected chi connectivity index (χ1v) is 21.3. The second-order valence-electron chi connectivity index (χ2n) is 17.6. The summed E-state index contributed by atoms with van der Waals surface area (Å²) in [6.07, 6.45) is 7.83. The van der Waals surface area contributed by atoms with E-state index in [4.69, 9.17) is 15.0 Å². The average molecular weight is 773 g/mol. The molecule has 2 atom stereocenters. The van der Waals surface area contributed by atoms with Gasteiger partial charge in [-0.15, -0.1) is 0 Å². The van der Waals surface area contributed by atoms with E-state index in [0.717, 1.165) is 45.2 Å². The van der Waals surface area contributed by atoms with E-state index in [1.165, 1.54) is 66.3 Å². The number of benzene rings is 7. The van der Waals surface area contributed by atoms with Crippen LogP contribution in [0.4, 0.5) is 0 Å². The zero-order chi connectivity index (χ0) is 40.1. The molecule has 1 aromatic heterocycles. The molecule has 4 bridgehead atoms. The van der Waals surface area contributed by atoms with Gasteiger partial charge >= 0.3 is 0 Å². The lowest BCUT2D eigenvalue weighted by Gasteiger charge is -2.63. The van der Waals surface area contributed by atoms with Crippen molar-refractivity contribution >= 4 is 0 Å². The third kappa shape index (κ3) is 6.61. The van der Waals surface area contributed by atoms with Crippen LogP contribution in [0.1, 0.15) is 55.2 Å². The number of nitrogens with zero attached hydrogens (tertiary/aromatic N) is 4. The van der Waals surface area contributed by atoms with Crippen molar-refractivity contribution in [3.05, 3.63) is 199 Å². The Kier molecular flexibility index (Phi) is 8.85. The van der Waals surface area contributed by atoms with Crippen molar-refractivity contribution in [2.24, 2.45) is 11.8 Å². The highest BCUT2D eigenvalue weighted by Crippen LogP contribution is 2.66. The van der Waals surface area contributed by atoms with E-state index in [1.807, 2.05) is 60.7 Å². The van der Waals surface area contributed by atoms with Gasteiger partial charge in [-0.25, -0.2) is 15.0 Å². The zero-order valence-electron chi connectivity index (χ0n) is 33.5. The molecular weight excluding hydrogens is 729 g/mol. The predicted molar refractivity (Wildman–Crippen MR) is 242 cm³/mol. The van der Waals surface area contributed by atoms with Crippen LogP contribution in [-0.2, 0) is 10.8 Å². The maximum atomic E-state index is 9.18. The standard InChI is InChI=1S/C56H44N4/c57-36-38-14-16-41(17-15-38)42-18-20-43(21-19-42)44-22-26-50(27-23-44)55-32-39-30-40(33-55)35-56(34-39,37-55)51-28-24-45(25-29-51)48-12-7-13-49(31-48)54-59-52(46-8-3-1-4-9-46)58-53(60-54)47-10-5-2-6-11-47/h1-29,31,39-40H,30,32-35,37H2. The smallest absolute Gasteiger partial charge is 0.164 e. The third-order valence-corrected chi connectivity index (χ3v) is 13.8. The van der Waals surface area contributed by atoms with Crippen LogP contribution >= 0.6 is 0 Å². The molecule has 0 spiro atoms. The summed E-state index contributed by atoms with van der Waals surface area (Å²) in [6, 6.07) is 67.0. The zero-order valence-corrected chi connectivity index (χ0v) is 33.5. The molecule has 8 aromatic rings. The van der Waals surface area contributed by atoms with Gasteiger partial charge in [0.05, 0.1) is 11.6 Å². The first kappa shape index (κ1) is 36.1. The number of rotatable bonds is 8. The van der Waals surface area contributed by atoms with E-state index >= 15 is 0 Å². The minimum atomic E-state index is 0.219. The van der Waals surface area contributed by atoms with Gasteiger partial charge in [0.15, 0.2) is 17.5 Å². The van der Waals surface area contributed by atoms with Crippen molar-refractivity contribution in [1.29, 1.82) is 5.26 Å². The number of nitriles is 1. The molecule has 4 aliphatic rings. The Labute approximate surface area is 352 Å². The van der Waals surface area contributed by atoms with Gasteiger partial charge in [0.25, 0.3) is 0 Å². The summed E-state index contributed by atoms with van der Waals surface area (Å²) in [4.78, 5) is 14.9. The predicted octanol–water partition coefficient (Wildman–Crippen LogP) is 13.5. The summed E-state index contributed by atoms with van der Waals surface area (Å²) in [5.74, 6) is 3.57. The quantitative estimate of drug-likeness (QED) is 0.154. The normalized spacial score (nSPS) is 21.4. The number of hydrogen-bond donors (Lipinski definition) is 0. The molecule has 0 saturated heterocycles. The van der Waals surface area contributed by atoms with Gasteiger partial charge in [0.1, 0.15) is 0 Å². The van der Waals surface area contributed by atoms with Crippen LogP contribution in [0, 0.1) is 23.2 Å². The van der Waals surface area contributed by atoms with Gasteiger partial charge in [0.2, 0.25) is 0 Å². The van der Waals surface area contributed by atoms with Gasteiger partial charge in [-0.2, -0.15) is 5.26 Å². The molecule has 2 unspecified atom stereocenters. The van der Waals surface area contributed by atoms with Crippen molar-refractivity contribution < 1.29 is 0 Å². The van der Waals surface area contributed by atoms with Crippen LogP contribution in [0.3, 0.4) is 0 Å². The molecule has 4 fully saturated rings. The topological polar surface area (TPSA) is 62.5 Å². The summed E-state index contributed by atoms with van der Waals surface area (Å²) < 4.78 is 0. The Morgan fingerprint density at radius 3 is 1.20 bits per heavy atom. The lowest BCUT2D eigenvalue weighted by atomic mass is 9.41. The lowest BCUT2D eigenvalue weighted by Crippen LogP contribution is -2.55. The van der Waals surface area contributed by atoms with E-state index in [9.17, 15) is 5.26 Å². The molecule has 60 heavy (non-hydrogen) atoms. The fourth-order valence-electron chi connectivity index (χ4n) is 11.3. The minimum absolute atomic E-state index is 0.219. The molecule has 4 nitrogen and oxygen atoms in total. The SMILES string of the molecule is N#Cc1ccc(-c2ccc(-c3ccc(C45CC6CC(C4)CC(c4ccc(-c7cccc(-c8nc(-c9ccccc9)nc(-c9ccccc9)n8)c7)cc4)(C6)C5)cc3)cc2)cc1. The lowest BCUT2D eigenvalue weighted by molar-refractivity contribution is -0.0281.